The average molecular weight is 621 g/mol. The summed E-state index contributed by atoms with van der Waals surface area (Å²) in [6.45, 7) is 0. The molecule has 11 aromatic rings. The summed E-state index contributed by atoms with van der Waals surface area (Å²) in [6, 6.07) is 62.1. The number of benzene rings is 10. The van der Waals surface area contributed by atoms with Crippen LogP contribution in [-0.4, -0.2) is 0 Å². The molecule has 0 saturated carbocycles. The molecule has 0 N–H and O–H groups in total. The van der Waals surface area contributed by atoms with Crippen LogP contribution in [0.2, 0.25) is 0 Å². The summed E-state index contributed by atoms with van der Waals surface area (Å²) in [7, 11) is 0. The van der Waals surface area contributed by atoms with Crippen LogP contribution in [0.15, 0.2) is 174 Å². The lowest BCUT2D eigenvalue weighted by Gasteiger charge is -2.19. The minimum atomic E-state index is 0.915. The first-order valence-electron chi connectivity index (χ1n) is 16.9. The van der Waals surface area contributed by atoms with E-state index in [9.17, 15) is 0 Å². The molecule has 0 saturated heterocycles. The predicted molar refractivity (Wildman–Crippen MR) is 210 cm³/mol. The molecule has 0 fully saturated rings. The van der Waals surface area contributed by atoms with Gasteiger partial charge in [0.2, 0.25) is 0 Å². The highest BCUT2D eigenvalue weighted by molar-refractivity contribution is 6.31. The number of hydrogen-bond donors (Lipinski definition) is 0. The van der Waals surface area contributed by atoms with Gasteiger partial charge in [-0.3, -0.25) is 0 Å². The molecule has 1 heteroatoms. The lowest BCUT2D eigenvalue weighted by Crippen LogP contribution is -1.92. The van der Waals surface area contributed by atoms with Crippen molar-refractivity contribution in [2.24, 2.45) is 0 Å². The van der Waals surface area contributed by atoms with Gasteiger partial charge in [-0.1, -0.05) is 152 Å². The highest BCUT2D eigenvalue weighted by Crippen LogP contribution is 2.48. The predicted octanol–water partition coefficient (Wildman–Crippen LogP) is 13.8. The van der Waals surface area contributed by atoms with Crippen LogP contribution in [0, 0.1) is 0 Å². The third kappa shape index (κ3) is 3.76. The Balaban J connectivity index is 1.27. The summed E-state index contributed by atoms with van der Waals surface area (Å²) in [5, 5.41) is 17.3. The van der Waals surface area contributed by atoms with Crippen molar-refractivity contribution in [2.75, 3.05) is 0 Å². The molecule has 11 rings (SSSR count). The van der Waals surface area contributed by atoms with E-state index in [0.29, 0.717) is 0 Å². The van der Waals surface area contributed by atoms with Crippen LogP contribution in [0.4, 0.5) is 0 Å². The maximum Gasteiger partial charge on any atom is 0.136 e. The SMILES string of the molecule is c1ccc2c(c1)ccc1ccc(-c3c4ccccc4c(-c4cc5oc6ccc7ccccc7c6c5c5ccccc45)c4ccccc34)cc12. The highest BCUT2D eigenvalue weighted by Gasteiger charge is 2.21. The summed E-state index contributed by atoms with van der Waals surface area (Å²) in [5.41, 5.74) is 6.76. The third-order valence-electron chi connectivity index (χ3n) is 10.6. The van der Waals surface area contributed by atoms with Gasteiger partial charge in [0.1, 0.15) is 11.2 Å². The van der Waals surface area contributed by atoms with Gasteiger partial charge in [-0.15, -0.1) is 0 Å². The van der Waals surface area contributed by atoms with Gasteiger partial charge < -0.3 is 4.42 Å². The Kier molecular flexibility index (Phi) is 5.45. The molecule has 0 radical (unpaired) electrons. The molecule has 10 aromatic carbocycles. The van der Waals surface area contributed by atoms with E-state index in [1.54, 1.807) is 0 Å². The van der Waals surface area contributed by atoms with Gasteiger partial charge >= 0.3 is 0 Å². The number of fused-ring (bicyclic) bond motifs is 12. The zero-order valence-electron chi connectivity index (χ0n) is 26.6. The van der Waals surface area contributed by atoms with Crippen molar-refractivity contribution in [3.8, 4) is 22.3 Å². The smallest absolute Gasteiger partial charge is 0.136 e. The average Bonchev–Trinajstić information content (AvgIpc) is 3.56. The van der Waals surface area contributed by atoms with E-state index in [2.05, 4.69) is 170 Å². The number of hydrogen-bond acceptors (Lipinski definition) is 1. The van der Waals surface area contributed by atoms with Gasteiger partial charge in [0.25, 0.3) is 0 Å². The van der Waals surface area contributed by atoms with Crippen molar-refractivity contribution in [2.45, 2.75) is 0 Å². The minimum absolute atomic E-state index is 0.915. The molecule has 0 aliphatic heterocycles. The Morgan fingerprint density at radius 1 is 0.286 bits per heavy atom. The van der Waals surface area contributed by atoms with E-state index in [-0.39, 0.29) is 0 Å². The van der Waals surface area contributed by atoms with Crippen LogP contribution in [-0.2, 0) is 0 Å². The first kappa shape index (κ1) is 26.6. The summed E-state index contributed by atoms with van der Waals surface area (Å²) < 4.78 is 6.72. The van der Waals surface area contributed by atoms with Crippen LogP contribution < -0.4 is 0 Å². The molecule has 0 bridgehead atoms. The standard InChI is InChI=1S/C48H28O/c1-3-13-33-29(11-1)21-22-31-23-24-32(27-41(31)33)45-37-17-7-9-19-39(37)46(40-20-10-8-18-38(40)45)42-28-44-48(36-16-6-5-15-35(36)42)47-34-14-4-2-12-30(34)25-26-43(47)49-44/h1-28H. The molecule has 0 aliphatic carbocycles. The van der Waals surface area contributed by atoms with Crippen molar-refractivity contribution in [1.29, 1.82) is 0 Å². The Bertz CT molecular complexity index is 3100. The molecule has 1 aromatic heterocycles. The van der Waals surface area contributed by atoms with Crippen molar-refractivity contribution < 1.29 is 4.42 Å². The topological polar surface area (TPSA) is 13.1 Å². The Morgan fingerprint density at radius 3 is 1.45 bits per heavy atom. The van der Waals surface area contributed by atoms with Gasteiger partial charge in [0.15, 0.2) is 0 Å². The van der Waals surface area contributed by atoms with Gasteiger partial charge in [-0.25, -0.2) is 0 Å². The van der Waals surface area contributed by atoms with Crippen LogP contribution in [0.25, 0.3) is 109 Å². The lowest BCUT2D eigenvalue weighted by molar-refractivity contribution is 0.669. The zero-order valence-corrected chi connectivity index (χ0v) is 26.6. The molecular weight excluding hydrogens is 593 g/mol. The maximum absolute atomic E-state index is 6.72. The molecule has 0 aliphatic rings. The summed E-state index contributed by atoms with van der Waals surface area (Å²) in [5.74, 6) is 0. The van der Waals surface area contributed by atoms with Gasteiger partial charge in [0, 0.05) is 10.8 Å². The van der Waals surface area contributed by atoms with Crippen molar-refractivity contribution in [3.05, 3.63) is 170 Å². The van der Waals surface area contributed by atoms with Crippen molar-refractivity contribution >= 4 is 86.6 Å². The van der Waals surface area contributed by atoms with Crippen LogP contribution in [0.1, 0.15) is 0 Å². The molecule has 226 valence electrons. The second-order valence-electron chi connectivity index (χ2n) is 13.2. The molecule has 0 spiro atoms. The fourth-order valence-electron chi connectivity index (χ4n) is 8.50. The van der Waals surface area contributed by atoms with E-state index in [0.717, 1.165) is 11.2 Å². The van der Waals surface area contributed by atoms with E-state index < -0.39 is 0 Å². The largest absolute Gasteiger partial charge is 0.456 e. The molecule has 1 heterocycles. The number of furan rings is 1. The Hall–Kier alpha value is -6.44. The minimum Gasteiger partial charge on any atom is -0.456 e. The first-order valence-corrected chi connectivity index (χ1v) is 16.9. The molecular formula is C48H28O. The Morgan fingerprint density at radius 2 is 0.755 bits per heavy atom. The zero-order chi connectivity index (χ0) is 32.1. The first-order chi connectivity index (χ1) is 24.3. The Labute approximate surface area is 282 Å². The summed E-state index contributed by atoms with van der Waals surface area (Å²) >= 11 is 0. The highest BCUT2D eigenvalue weighted by atomic mass is 16.3. The third-order valence-corrected chi connectivity index (χ3v) is 10.6. The van der Waals surface area contributed by atoms with E-state index in [4.69, 9.17) is 4.42 Å². The monoisotopic (exact) mass is 620 g/mol. The van der Waals surface area contributed by atoms with Crippen molar-refractivity contribution in [1.82, 2.24) is 0 Å². The summed E-state index contributed by atoms with van der Waals surface area (Å²) in [4.78, 5) is 0. The second kappa shape index (κ2) is 10.0. The van der Waals surface area contributed by atoms with E-state index in [1.807, 2.05) is 0 Å². The lowest BCUT2D eigenvalue weighted by atomic mass is 9.83. The molecule has 0 amide bonds. The van der Waals surface area contributed by atoms with E-state index >= 15 is 0 Å². The molecule has 1 nitrogen and oxygen atoms in total. The van der Waals surface area contributed by atoms with E-state index in [1.165, 1.54) is 97.7 Å². The van der Waals surface area contributed by atoms with Crippen LogP contribution >= 0.6 is 0 Å². The molecule has 0 atom stereocenters. The fraction of sp³-hybridized carbons (Fsp3) is 0. The van der Waals surface area contributed by atoms with Crippen LogP contribution in [0.5, 0.6) is 0 Å². The second-order valence-corrected chi connectivity index (χ2v) is 13.2. The fourth-order valence-corrected chi connectivity index (χ4v) is 8.50. The summed E-state index contributed by atoms with van der Waals surface area (Å²) in [6.07, 6.45) is 0. The number of rotatable bonds is 2. The van der Waals surface area contributed by atoms with Gasteiger partial charge in [0.05, 0.1) is 0 Å². The van der Waals surface area contributed by atoms with Crippen LogP contribution in [0.3, 0.4) is 0 Å². The normalized spacial score (nSPS) is 12.1. The quantitative estimate of drug-likeness (QED) is 0.138. The van der Waals surface area contributed by atoms with Gasteiger partial charge in [-0.05, 0) is 105 Å². The van der Waals surface area contributed by atoms with Crippen molar-refractivity contribution in [3.63, 3.8) is 0 Å². The van der Waals surface area contributed by atoms with Gasteiger partial charge in [-0.2, -0.15) is 0 Å². The molecule has 0 unspecified atom stereocenters. The maximum atomic E-state index is 6.72. The molecule has 49 heavy (non-hydrogen) atoms.